The minimum absolute atomic E-state index is 0.0388. The van der Waals surface area contributed by atoms with E-state index in [0.29, 0.717) is 28.7 Å². The van der Waals surface area contributed by atoms with E-state index in [0.717, 1.165) is 19.6 Å². The molecule has 1 aromatic carbocycles. The Morgan fingerprint density at radius 2 is 1.85 bits per heavy atom. The molecule has 3 aliphatic heterocycles. The second-order valence-electron chi connectivity index (χ2n) is 7.28. The van der Waals surface area contributed by atoms with E-state index in [2.05, 4.69) is 15.2 Å². The number of piperidine rings is 3. The Kier molecular flexibility index (Phi) is 4.90. The molecule has 6 nitrogen and oxygen atoms in total. The summed E-state index contributed by atoms with van der Waals surface area (Å²) >= 11 is 0. The molecule has 0 spiro atoms. The minimum Gasteiger partial charge on any atom is -0.457 e. The van der Waals surface area contributed by atoms with Gasteiger partial charge in [0.25, 0.3) is 5.91 Å². The highest BCUT2D eigenvalue weighted by Gasteiger charge is 2.34. The van der Waals surface area contributed by atoms with Crippen LogP contribution in [0.1, 0.15) is 40.6 Å². The summed E-state index contributed by atoms with van der Waals surface area (Å²) in [5.41, 5.74) is 0.985. The van der Waals surface area contributed by atoms with Crippen LogP contribution in [0.2, 0.25) is 0 Å². The Morgan fingerprint density at radius 3 is 2.48 bits per heavy atom. The predicted molar refractivity (Wildman–Crippen MR) is 101 cm³/mol. The third-order valence-corrected chi connectivity index (χ3v) is 5.42. The van der Waals surface area contributed by atoms with Crippen molar-refractivity contribution in [2.24, 2.45) is 5.92 Å². The van der Waals surface area contributed by atoms with Gasteiger partial charge < -0.3 is 15.0 Å². The number of hydrogen-bond donors (Lipinski definition) is 1. The monoisotopic (exact) mass is 365 g/mol. The highest BCUT2D eigenvalue weighted by Crippen LogP contribution is 2.28. The van der Waals surface area contributed by atoms with Crippen LogP contribution < -0.4 is 10.1 Å². The molecule has 3 aliphatic rings. The number of carbonyl (C=O) groups is 2. The SMILES string of the molecule is CC(=O)c1cc(Oc2ccc(C(=O)N[C@H]3CN4CCC3CC4)cc2)ccn1. The second-order valence-corrected chi connectivity index (χ2v) is 7.28. The highest BCUT2D eigenvalue weighted by molar-refractivity contribution is 5.94. The summed E-state index contributed by atoms with van der Waals surface area (Å²) in [6.07, 6.45) is 3.89. The van der Waals surface area contributed by atoms with Crippen molar-refractivity contribution >= 4 is 11.7 Å². The summed E-state index contributed by atoms with van der Waals surface area (Å²) in [5.74, 6) is 1.60. The average molecular weight is 365 g/mol. The zero-order valence-corrected chi connectivity index (χ0v) is 15.4. The number of Topliss-reactive ketones (excluding diaryl/α,β-unsaturated/α-hetero) is 1. The molecule has 4 heterocycles. The fourth-order valence-electron chi connectivity index (χ4n) is 3.86. The van der Waals surface area contributed by atoms with E-state index >= 15 is 0 Å². The minimum atomic E-state index is -0.111. The maximum absolute atomic E-state index is 12.6. The molecule has 3 fully saturated rings. The van der Waals surface area contributed by atoms with Crippen LogP contribution in [-0.2, 0) is 0 Å². The largest absolute Gasteiger partial charge is 0.457 e. The number of amides is 1. The van der Waals surface area contributed by atoms with Crippen molar-refractivity contribution in [3.05, 3.63) is 53.9 Å². The summed E-state index contributed by atoms with van der Waals surface area (Å²) in [6.45, 7) is 4.74. The van der Waals surface area contributed by atoms with E-state index in [1.54, 1.807) is 42.6 Å². The van der Waals surface area contributed by atoms with E-state index < -0.39 is 0 Å². The first kappa shape index (κ1) is 17.7. The summed E-state index contributed by atoms with van der Waals surface area (Å²) in [4.78, 5) is 30.4. The number of ether oxygens (including phenoxy) is 1. The Balaban J connectivity index is 1.39. The Bertz CT molecular complexity index is 842. The molecule has 0 aliphatic carbocycles. The number of nitrogens with zero attached hydrogens (tertiary/aromatic N) is 2. The van der Waals surface area contributed by atoms with Crippen LogP contribution in [0.3, 0.4) is 0 Å². The van der Waals surface area contributed by atoms with Gasteiger partial charge in [0.1, 0.15) is 17.2 Å². The van der Waals surface area contributed by atoms with Crippen molar-refractivity contribution in [2.45, 2.75) is 25.8 Å². The van der Waals surface area contributed by atoms with Gasteiger partial charge in [-0.3, -0.25) is 14.6 Å². The molecule has 0 saturated carbocycles. The number of nitrogens with one attached hydrogen (secondary N) is 1. The van der Waals surface area contributed by atoms with E-state index in [1.807, 2.05) is 0 Å². The van der Waals surface area contributed by atoms with Gasteiger partial charge in [-0.25, -0.2) is 0 Å². The summed E-state index contributed by atoms with van der Waals surface area (Å²) < 4.78 is 5.76. The lowest BCUT2D eigenvalue weighted by molar-refractivity contribution is 0.0620. The number of carbonyl (C=O) groups excluding carboxylic acids is 2. The molecule has 1 N–H and O–H groups in total. The van der Waals surface area contributed by atoms with Crippen LogP contribution in [0.15, 0.2) is 42.6 Å². The van der Waals surface area contributed by atoms with E-state index in [9.17, 15) is 9.59 Å². The normalized spacial score (nSPS) is 23.7. The summed E-state index contributed by atoms with van der Waals surface area (Å²) in [7, 11) is 0. The van der Waals surface area contributed by atoms with Crippen molar-refractivity contribution in [1.82, 2.24) is 15.2 Å². The molecule has 1 atom stereocenters. The number of aromatic nitrogens is 1. The summed E-state index contributed by atoms with van der Waals surface area (Å²) in [6, 6.07) is 10.6. The van der Waals surface area contributed by atoms with Crippen molar-refractivity contribution in [1.29, 1.82) is 0 Å². The third-order valence-electron chi connectivity index (χ3n) is 5.42. The Labute approximate surface area is 158 Å². The van der Waals surface area contributed by atoms with Crippen LogP contribution in [0.25, 0.3) is 0 Å². The van der Waals surface area contributed by atoms with E-state index in [-0.39, 0.29) is 17.7 Å². The molecule has 27 heavy (non-hydrogen) atoms. The molecule has 1 amide bonds. The first-order valence-electron chi connectivity index (χ1n) is 9.36. The maximum atomic E-state index is 12.6. The zero-order chi connectivity index (χ0) is 18.8. The molecule has 0 unspecified atom stereocenters. The lowest BCUT2D eigenvalue weighted by Crippen LogP contribution is -2.57. The fourth-order valence-corrected chi connectivity index (χ4v) is 3.86. The average Bonchev–Trinajstić information content (AvgIpc) is 2.69. The number of rotatable bonds is 5. The number of pyridine rings is 1. The van der Waals surface area contributed by atoms with Gasteiger partial charge in [-0.05, 0) is 62.2 Å². The fraction of sp³-hybridized carbons (Fsp3) is 0.381. The number of fused-ring (bicyclic) bond motifs is 3. The number of ketones is 1. The van der Waals surface area contributed by atoms with Crippen molar-refractivity contribution in [2.75, 3.05) is 19.6 Å². The van der Waals surface area contributed by atoms with Gasteiger partial charge in [-0.15, -0.1) is 0 Å². The smallest absolute Gasteiger partial charge is 0.251 e. The molecule has 2 aromatic rings. The summed E-state index contributed by atoms with van der Waals surface area (Å²) in [5, 5.41) is 3.19. The van der Waals surface area contributed by atoms with Gasteiger partial charge in [-0.1, -0.05) is 0 Å². The number of benzene rings is 1. The van der Waals surface area contributed by atoms with Gasteiger partial charge in [0, 0.05) is 37.3 Å². The lowest BCUT2D eigenvalue weighted by atomic mass is 9.84. The molecule has 140 valence electrons. The van der Waals surface area contributed by atoms with Gasteiger partial charge >= 0.3 is 0 Å². The molecular weight excluding hydrogens is 342 g/mol. The van der Waals surface area contributed by atoms with Gasteiger partial charge in [0.05, 0.1) is 0 Å². The van der Waals surface area contributed by atoms with Crippen molar-refractivity contribution in [3.63, 3.8) is 0 Å². The van der Waals surface area contributed by atoms with Crippen LogP contribution in [0, 0.1) is 5.92 Å². The maximum Gasteiger partial charge on any atom is 0.251 e. The quantitative estimate of drug-likeness (QED) is 0.825. The third kappa shape index (κ3) is 4.01. The number of hydrogen-bond acceptors (Lipinski definition) is 5. The Hall–Kier alpha value is -2.73. The van der Waals surface area contributed by atoms with E-state index in [4.69, 9.17) is 4.74 Å². The molecular formula is C21H23N3O3. The molecule has 0 radical (unpaired) electrons. The molecule has 5 rings (SSSR count). The molecule has 6 heteroatoms. The molecule has 1 aromatic heterocycles. The van der Waals surface area contributed by atoms with Crippen LogP contribution in [-0.4, -0.2) is 47.3 Å². The van der Waals surface area contributed by atoms with E-state index in [1.165, 1.54) is 19.8 Å². The van der Waals surface area contributed by atoms with Crippen LogP contribution >= 0.6 is 0 Å². The highest BCUT2D eigenvalue weighted by atomic mass is 16.5. The predicted octanol–water partition coefficient (Wildman–Crippen LogP) is 2.90. The van der Waals surface area contributed by atoms with Gasteiger partial charge in [0.2, 0.25) is 0 Å². The van der Waals surface area contributed by atoms with Crippen LogP contribution in [0.5, 0.6) is 11.5 Å². The topological polar surface area (TPSA) is 71.5 Å². The van der Waals surface area contributed by atoms with Crippen LogP contribution in [0.4, 0.5) is 0 Å². The van der Waals surface area contributed by atoms with Crippen molar-refractivity contribution in [3.8, 4) is 11.5 Å². The van der Waals surface area contributed by atoms with Crippen molar-refractivity contribution < 1.29 is 14.3 Å². The Morgan fingerprint density at radius 1 is 1.11 bits per heavy atom. The standard InChI is InChI=1S/C21H23N3O3/c1-14(25)19-12-18(6-9-22-19)27-17-4-2-16(3-5-17)21(26)23-20-13-24-10-7-15(20)8-11-24/h2-6,9,12,15,20H,7-8,10-11,13H2,1H3,(H,23,26)/t20-/m0/s1. The first-order valence-corrected chi connectivity index (χ1v) is 9.36. The lowest BCUT2D eigenvalue weighted by Gasteiger charge is -2.44. The zero-order valence-electron chi connectivity index (χ0n) is 15.4. The molecule has 2 bridgehead atoms. The second kappa shape index (κ2) is 7.48. The van der Waals surface area contributed by atoms with Gasteiger partial charge in [-0.2, -0.15) is 0 Å². The first-order chi connectivity index (χ1) is 13.1. The molecule has 3 saturated heterocycles. The van der Waals surface area contributed by atoms with Gasteiger partial charge in [0.15, 0.2) is 5.78 Å².